The molecule has 1 aromatic rings. The number of benzene rings is 1. The van der Waals surface area contributed by atoms with Gasteiger partial charge in [-0.1, -0.05) is 39.0 Å². The van der Waals surface area contributed by atoms with Gasteiger partial charge in [0.25, 0.3) is 0 Å². The quantitative estimate of drug-likeness (QED) is 0.189. The van der Waals surface area contributed by atoms with Gasteiger partial charge in [-0.3, -0.25) is 0 Å². The van der Waals surface area contributed by atoms with E-state index in [0.717, 1.165) is 12.8 Å². The number of alkyl halides is 5. The van der Waals surface area contributed by atoms with E-state index in [1.54, 1.807) is 0 Å². The topological polar surface area (TPSA) is 33.0 Å². The van der Waals surface area contributed by atoms with Crippen molar-refractivity contribution in [2.45, 2.75) is 63.7 Å². The third-order valence-corrected chi connectivity index (χ3v) is 3.91. The summed E-state index contributed by atoms with van der Waals surface area (Å²) in [4.78, 5) is 0. The van der Waals surface area contributed by atoms with Gasteiger partial charge in [0.2, 0.25) is 11.6 Å². The number of hydrogen-bond donors (Lipinski definition) is 0. The molecule has 0 heterocycles. The average molecular weight is 421 g/mol. The first kappa shape index (κ1) is 23.9. The summed E-state index contributed by atoms with van der Waals surface area (Å²) >= 11 is 0. The third kappa shape index (κ3) is 4.83. The number of ether oxygens (including phenoxy) is 1. The summed E-state index contributed by atoms with van der Waals surface area (Å²) < 4.78 is 125. The molecule has 0 bridgehead atoms. The Labute approximate surface area is 154 Å². The monoisotopic (exact) mass is 421 g/mol. The summed E-state index contributed by atoms with van der Waals surface area (Å²) in [5.41, 5.74) is -1.90. The first-order valence-electron chi connectivity index (χ1n) is 8.27. The maximum absolute atomic E-state index is 13.8. The van der Waals surface area contributed by atoms with Crippen LogP contribution < -0.4 is 4.74 Å². The van der Waals surface area contributed by atoms with Crippen molar-refractivity contribution < 1.29 is 44.3 Å². The van der Waals surface area contributed by atoms with Gasteiger partial charge in [-0.05, 0) is 6.42 Å². The van der Waals surface area contributed by atoms with Crippen molar-refractivity contribution in [3.8, 4) is 11.8 Å². The average Bonchev–Trinajstić information content (AvgIpc) is 2.64. The van der Waals surface area contributed by atoms with E-state index in [1.165, 1.54) is 0 Å². The van der Waals surface area contributed by atoms with Gasteiger partial charge < -0.3 is 4.74 Å². The molecule has 0 N–H and O–H groups in total. The van der Waals surface area contributed by atoms with Gasteiger partial charge in [-0.2, -0.15) is 27.2 Å². The van der Waals surface area contributed by atoms with Crippen LogP contribution >= 0.6 is 0 Å². The number of unbranched alkanes of at least 4 members (excludes halogenated alkanes) is 4. The summed E-state index contributed by atoms with van der Waals surface area (Å²) in [6.45, 7) is 1.86. The van der Waals surface area contributed by atoms with Gasteiger partial charge in [0.15, 0.2) is 23.6 Å². The zero-order valence-electron chi connectivity index (χ0n) is 14.6. The molecule has 1 aromatic carbocycles. The van der Waals surface area contributed by atoms with Gasteiger partial charge in [-0.25, -0.2) is 17.6 Å². The fourth-order valence-corrected chi connectivity index (χ4v) is 2.29. The van der Waals surface area contributed by atoms with Gasteiger partial charge in [0.1, 0.15) is 11.6 Å². The highest BCUT2D eigenvalue weighted by Gasteiger charge is 2.65. The molecule has 1 rings (SSSR count). The molecule has 0 radical (unpaired) electrons. The Morgan fingerprint density at radius 3 is 1.96 bits per heavy atom. The zero-order chi connectivity index (χ0) is 21.7. The van der Waals surface area contributed by atoms with Crippen molar-refractivity contribution in [3.05, 3.63) is 28.8 Å². The molecular weight excluding hydrogens is 405 g/mol. The Balaban J connectivity index is 3.09. The highest BCUT2D eigenvalue weighted by molar-refractivity contribution is 5.46. The van der Waals surface area contributed by atoms with Crippen LogP contribution in [0.2, 0.25) is 0 Å². The summed E-state index contributed by atoms with van der Waals surface area (Å²) in [6, 6.07) is 0.711. The zero-order valence-corrected chi connectivity index (χ0v) is 14.6. The highest BCUT2D eigenvalue weighted by atomic mass is 19.3. The number of nitrogens with zero attached hydrogens (tertiary/aromatic N) is 1. The number of halogens is 9. The largest absolute Gasteiger partial charge is 0.467 e. The Kier molecular flexibility index (Phi) is 8.02. The lowest BCUT2D eigenvalue weighted by Gasteiger charge is -2.29. The second kappa shape index (κ2) is 9.39. The second-order valence-corrected chi connectivity index (χ2v) is 5.98. The van der Waals surface area contributed by atoms with Crippen LogP contribution in [0.1, 0.15) is 51.0 Å². The van der Waals surface area contributed by atoms with Crippen LogP contribution in [0.5, 0.6) is 5.75 Å². The Hall–Kier alpha value is -2.12. The molecule has 0 amide bonds. The van der Waals surface area contributed by atoms with Crippen LogP contribution in [0.15, 0.2) is 0 Å². The Morgan fingerprint density at radius 1 is 0.893 bits per heavy atom. The molecule has 0 aliphatic heterocycles. The fraction of sp³-hybridized carbons (Fsp3) is 0.588. The molecule has 11 heteroatoms. The molecule has 1 atom stereocenters. The fourth-order valence-electron chi connectivity index (χ4n) is 2.29. The predicted molar refractivity (Wildman–Crippen MR) is 79.8 cm³/mol. The molecule has 0 spiro atoms. The van der Waals surface area contributed by atoms with Crippen molar-refractivity contribution in [2.24, 2.45) is 0 Å². The normalized spacial score (nSPS) is 13.3. The van der Waals surface area contributed by atoms with Gasteiger partial charge >= 0.3 is 12.0 Å². The van der Waals surface area contributed by atoms with Crippen LogP contribution in [-0.4, -0.2) is 18.2 Å². The third-order valence-electron chi connectivity index (χ3n) is 3.91. The number of nitriles is 1. The first-order valence-corrected chi connectivity index (χ1v) is 8.27. The maximum atomic E-state index is 13.8. The predicted octanol–water partition coefficient (Wildman–Crippen LogP) is 6.42. The van der Waals surface area contributed by atoms with Gasteiger partial charge in [0.05, 0.1) is 0 Å². The van der Waals surface area contributed by atoms with Crippen molar-refractivity contribution in [3.63, 3.8) is 0 Å². The van der Waals surface area contributed by atoms with Crippen molar-refractivity contribution in [1.82, 2.24) is 0 Å². The minimum absolute atomic E-state index is 0.148. The van der Waals surface area contributed by atoms with E-state index in [1.807, 2.05) is 6.92 Å². The van der Waals surface area contributed by atoms with Crippen LogP contribution in [-0.2, 0) is 0 Å². The summed E-state index contributed by atoms with van der Waals surface area (Å²) in [6.07, 6.45) is -7.90. The van der Waals surface area contributed by atoms with Crippen LogP contribution in [0.25, 0.3) is 0 Å². The minimum Gasteiger partial charge on any atom is -0.423 e. The van der Waals surface area contributed by atoms with E-state index in [2.05, 4.69) is 4.74 Å². The van der Waals surface area contributed by atoms with Crippen LogP contribution in [0.4, 0.5) is 39.5 Å². The molecule has 0 saturated carbocycles. The number of hydrogen-bond acceptors (Lipinski definition) is 2. The lowest BCUT2D eigenvalue weighted by atomic mass is 10.0. The van der Waals surface area contributed by atoms with E-state index >= 15 is 0 Å². The van der Waals surface area contributed by atoms with E-state index < -0.39 is 59.2 Å². The Bertz CT molecular complexity index is 731. The molecule has 0 aromatic heterocycles. The Morgan fingerprint density at radius 2 is 1.43 bits per heavy atom. The number of rotatable bonds is 10. The first-order chi connectivity index (χ1) is 12.9. The van der Waals surface area contributed by atoms with Crippen LogP contribution in [0.3, 0.4) is 0 Å². The molecule has 0 aliphatic carbocycles. The SMILES string of the molecule is CCCCCCCC(F)C(F)(F)C(F)(F)Oc1c(F)c(F)c(F)c(F)c1C#N. The van der Waals surface area contributed by atoms with E-state index in [0.29, 0.717) is 18.9 Å². The van der Waals surface area contributed by atoms with Crippen molar-refractivity contribution in [1.29, 1.82) is 5.26 Å². The van der Waals surface area contributed by atoms with E-state index in [4.69, 9.17) is 5.26 Å². The molecule has 1 unspecified atom stereocenters. The molecule has 0 fully saturated rings. The minimum atomic E-state index is -5.78. The molecule has 28 heavy (non-hydrogen) atoms. The van der Waals surface area contributed by atoms with Gasteiger partial charge in [-0.15, -0.1) is 0 Å². The van der Waals surface area contributed by atoms with Crippen LogP contribution in [0, 0.1) is 34.6 Å². The summed E-state index contributed by atoms with van der Waals surface area (Å²) in [7, 11) is 0. The second-order valence-electron chi connectivity index (χ2n) is 5.98. The smallest absolute Gasteiger partial charge is 0.423 e. The molecular formula is C17H16F9NO. The maximum Gasteiger partial charge on any atom is 0.467 e. The van der Waals surface area contributed by atoms with E-state index in [9.17, 15) is 39.5 Å². The molecule has 2 nitrogen and oxygen atoms in total. The lowest BCUT2D eigenvalue weighted by Crippen LogP contribution is -2.52. The van der Waals surface area contributed by atoms with Gasteiger partial charge in [0, 0.05) is 0 Å². The standard InChI is InChI=1S/C17H16F9NO/c1-2-3-4-5-6-7-10(18)16(23,24)17(25,26)28-15-9(8-27)11(19)12(20)13(21)14(15)22/h10H,2-7H2,1H3. The summed E-state index contributed by atoms with van der Waals surface area (Å²) in [5, 5.41) is 8.60. The molecule has 0 saturated heterocycles. The molecule has 0 aliphatic rings. The van der Waals surface area contributed by atoms with Crippen molar-refractivity contribution >= 4 is 0 Å². The summed E-state index contributed by atoms with van der Waals surface area (Å²) in [5.74, 6) is -18.0. The highest BCUT2D eigenvalue weighted by Crippen LogP contribution is 2.43. The molecule has 158 valence electrons. The van der Waals surface area contributed by atoms with Crippen molar-refractivity contribution in [2.75, 3.05) is 0 Å². The lowest BCUT2D eigenvalue weighted by molar-refractivity contribution is -0.328. The van der Waals surface area contributed by atoms with E-state index in [-0.39, 0.29) is 6.42 Å².